The lowest BCUT2D eigenvalue weighted by Gasteiger charge is -2.13. The van der Waals surface area contributed by atoms with Gasteiger partial charge in [-0.05, 0) is 57.9 Å². The van der Waals surface area contributed by atoms with Crippen LogP contribution in [0, 0.1) is 13.8 Å². The first kappa shape index (κ1) is 22.1. The van der Waals surface area contributed by atoms with Crippen molar-refractivity contribution >= 4 is 5.65 Å². The third-order valence-corrected chi connectivity index (χ3v) is 5.38. The number of hydrogen-bond donors (Lipinski definition) is 0. The van der Waals surface area contributed by atoms with E-state index in [9.17, 15) is 0 Å². The molecule has 0 aliphatic heterocycles. The van der Waals surface area contributed by atoms with E-state index in [0.29, 0.717) is 18.9 Å². The zero-order valence-corrected chi connectivity index (χ0v) is 19.4. The van der Waals surface area contributed by atoms with Crippen molar-refractivity contribution in [3.05, 3.63) is 70.4 Å². The molecule has 0 saturated carbocycles. The number of hydrogen-bond acceptors (Lipinski definition) is 6. The Morgan fingerprint density at radius 2 is 1.72 bits per heavy atom. The SMILES string of the molecule is CCOC(OCC)c1cn(-c2ccc(Cc3c(CC)nn4c(C)cc(C)nc34)cc2)nn1. The Hall–Kier alpha value is -3.10. The Morgan fingerprint density at radius 1 is 1.00 bits per heavy atom. The molecule has 0 saturated heterocycles. The van der Waals surface area contributed by atoms with Crippen molar-refractivity contribution in [1.29, 1.82) is 0 Å². The average Bonchev–Trinajstić information content (AvgIpc) is 3.40. The summed E-state index contributed by atoms with van der Waals surface area (Å²) < 4.78 is 14.9. The number of aryl methyl sites for hydroxylation is 3. The molecule has 3 aromatic heterocycles. The number of benzene rings is 1. The molecule has 0 amide bonds. The lowest BCUT2D eigenvalue weighted by molar-refractivity contribution is -0.142. The van der Waals surface area contributed by atoms with Gasteiger partial charge in [0.15, 0.2) is 5.65 Å². The third kappa shape index (κ3) is 4.42. The first-order valence-corrected chi connectivity index (χ1v) is 11.1. The van der Waals surface area contributed by atoms with Crippen LogP contribution in [0.5, 0.6) is 0 Å². The van der Waals surface area contributed by atoms with Gasteiger partial charge in [-0.3, -0.25) is 0 Å². The lowest BCUT2D eigenvalue weighted by atomic mass is 10.0. The molecule has 0 bridgehead atoms. The predicted octanol–water partition coefficient (Wildman–Crippen LogP) is 4.15. The van der Waals surface area contributed by atoms with Crippen molar-refractivity contribution in [2.75, 3.05) is 13.2 Å². The van der Waals surface area contributed by atoms with E-state index in [1.807, 2.05) is 43.6 Å². The summed E-state index contributed by atoms with van der Waals surface area (Å²) in [4.78, 5) is 4.77. The monoisotopic (exact) mass is 434 g/mol. The molecule has 168 valence electrons. The fraction of sp³-hybridized carbons (Fsp3) is 0.417. The molecule has 4 aromatic rings. The maximum atomic E-state index is 5.62. The molecule has 1 aromatic carbocycles. The van der Waals surface area contributed by atoms with Crippen LogP contribution in [0.4, 0.5) is 0 Å². The summed E-state index contributed by atoms with van der Waals surface area (Å²) in [5.74, 6) is 0. The molecular formula is C24H30N6O2. The van der Waals surface area contributed by atoms with Crippen molar-refractivity contribution in [3.8, 4) is 5.69 Å². The molecule has 0 N–H and O–H groups in total. The van der Waals surface area contributed by atoms with Crippen LogP contribution in [0.1, 0.15) is 61.0 Å². The number of aromatic nitrogens is 6. The smallest absolute Gasteiger partial charge is 0.204 e. The normalized spacial score (nSPS) is 11.7. The van der Waals surface area contributed by atoms with Gasteiger partial charge in [-0.1, -0.05) is 24.3 Å². The van der Waals surface area contributed by atoms with E-state index in [4.69, 9.17) is 19.6 Å². The topological polar surface area (TPSA) is 79.4 Å². The summed E-state index contributed by atoms with van der Waals surface area (Å²) in [6.07, 6.45) is 3.00. The summed E-state index contributed by atoms with van der Waals surface area (Å²) in [6.45, 7) is 11.2. The second-order valence-electron chi connectivity index (χ2n) is 7.73. The zero-order chi connectivity index (χ0) is 22.7. The van der Waals surface area contributed by atoms with E-state index >= 15 is 0 Å². The first-order valence-electron chi connectivity index (χ1n) is 11.1. The Labute approximate surface area is 188 Å². The van der Waals surface area contributed by atoms with Crippen LogP contribution in [-0.2, 0) is 22.3 Å². The summed E-state index contributed by atoms with van der Waals surface area (Å²) >= 11 is 0. The minimum Gasteiger partial charge on any atom is -0.347 e. The molecule has 32 heavy (non-hydrogen) atoms. The Bertz CT molecular complexity index is 1190. The maximum Gasteiger partial charge on any atom is 0.204 e. The summed E-state index contributed by atoms with van der Waals surface area (Å²) in [7, 11) is 0. The van der Waals surface area contributed by atoms with E-state index in [1.165, 1.54) is 11.1 Å². The summed E-state index contributed by atoms with van der Waals surface area (Å²) in [5, 5.41) is 13.3. The molecule has 8 heteroatoms. The second kappa shape index (κ2) is 9.58. The molecule has 0 aliphatic rings. The predicted molar refractivity (Wildman–Crippen MR) is 122 cm³/mol. The standard InChI is InChI=1S/C24H30N6O2/c1-6-21-20(23-25-16(4)13-17(5)30(23)27-21)14-18-9-11-19(12-10-18)29-15-22(26-28-29)24(31-7-2)32-8-3/h9-13,15,24H,6-8,14H2,1-5H3. The fourth-order valence-electron chi connectivity index (χ4n) is 3.88. The summed E-state index contributed by atoms with van der Waals surface area (Å²) in [6, 6.07) is 10.4. The van der Waals surface area contributed by atoms with E-state index in [1.54, 1.807) is 4.68 Å². The molecule has 8 nitrogen and oxygen atoms in total. The second-order valence-corrected chi connectivity index (χ2v) is 7.73. The highest BCUT2D eigenvalue weighted by Crippen LogP contribution is 2.22. The highest BCUT2D eigenvalue weighted by atomic mass is 16.7. The van der Waals surface area contributed by atoms with Gasteiger partial charge in [-0.15, -0.1) is 5.10 Å². The van der Waals surface area contributed by atoms with Crippen molar-refractivity contribution in [2.45, 2.75) is 53.8 Å². The van der Waals surface area contributed by atoms with E-state index < -0.39 is 6.29 Å². The highest BCUT2D eigenvalue weighted by Gasteiger charge is 2.17. The van der Waals surface area contributed by atoms with Gasteiger partial charge >= 0.3 is 0 Å². The van der Waals surface area contributed by atoms with Crippen molar-refractivity contribution in [3.63, 3.8) is 0 Å². The zero-order valence-electron chi connectivity index (χ0n) is 19.4. The number of ether oxygens (including phenoxy) is 2. The van der Waals surface area contributed by atoms with Crippen LogP contribution < -0.4 is 0 Å². The van der Waals surface area contributed by atoms with Gasteiger partial charge in [0.25, 0.3) is 0 Å². The summed E-state index contributed by atoms with van der Waals surface area (Å²) in [5.41, 5.74) is 8.12. The lowest BCUT2D eigenvalue weighted by Crippen LogP contribution is -2.09. The largest absolute Gasteiger partial charge is 0.347 e. The third-order valence-electron chi connectivity index (χ3n) is 5.38. The molecule has 0 unspecified atom stereocenters. The van der Waals surface area contributed by atoms with Crippen molar-refractivity contribution in [2.24, 2.45) is 0 Å². The average molecular weight is 435 g/mol. The van der Waals surface area contributed by atoms with E-state index in [2.05, 4.69) is 42.4 Å². The molecule has 3 heterocycles. The molecular weight excluding hydrogens is 404 g/mol. The first-order chi connectivity index (χ1) is 15.5. The van der Waals surface area contributed by atoms with E-state index in [-0.39, 0.29) is 0 Å². The van der Waals surface area contributed by atoms with Gasteiger partial charge in [0, 0.05) is 36.6 Å². The minimum absolute atomic E-state index is 0.500. The van der Waals surface area contributed by atoms with Crippen molar-refractivity contribution in [1.82, 2.24) is 29.6 Å². The fourth-order valence-corrected chi connectivity index (χ4v) is 3.88. The van der Waals surface area contributed by atoms with Gasteiger partial charge in [0.1, 0.15) is 5.69 Å². The molecule has 0 atom stereocenters. The molecule has 0 aliphatic carbocycles. The minimum atomic E-state index is -0.500. The Balaban J connectivity index is 1.58. The molecule has 0 radical (unpaired) electrons. The van der Waals surface area contributed by atoms with Crippen molar-refractivity contribution < 1.29 is 9.47 Å². The Morgan fingerprint density at radius 3 is 2.38 bits per heavy atom. The van der Waals surface area contributed by atoms with Crippen LogP contribution >= 0.6 is 0 Å². The van der Waals surface area contributed by atoms with Gasteiger partial charge < -0.3 is 9.47 Å². The van der Waals surface area contributed by atoms with Crippen LogP contribution in [0.15, 0.2) is 36.5 Å². The molecule has 0 spiro atoms. The van der Waals surface area contributed by atoms with Crippen LogP contribution in [0.3, 0.4) is 0 Å². The number of fused-ring (bicyclic) bond motifs is 1. The van der Waals surface area contributed by atoms with Gasteiger partial charge in [-0.2, -0.15) is 5.10 Å². The maximum absolute atomic E-state index is 5.62. The van der Waals surface area contributed by atoms with Crippen LogP contribution in [0.25, 0.3) is 11.3 Å². The van der Waals surface area contributed by atoms with Crippen LogP contribution in [0.2, 0.25) is 0 Å². The van der Waals surface area contributed by atoms with Gasteiger partial charge in [-0.25, -0.2) is 14.2 Å². The van der Waals surface area contributed by atoms with Gasteiger partial charge in [0.2, 0.25) is 6.29 Å². The molecule has 0 fully saturated rings. The van der Waals surface area contributed by atoms with Crippen LogP contribution in [-0.4, -0.2) is 42.8 Å². The molecule has 4 rings (SSSR count). The number of nitrogens with zero attached hydrogens (tertiary/aromatic N) is 6. The van der Waals surface area contributed by atoms with Gasteiger partial charge in [0.05, 0.1) is 17.6 Å². The Kier molecular flexibility index (Phi) is 6.62. The quantitative estimate of drug-likeness (QED) is 0.368. The number of rotatable bonds is 9. The van der Waals surface area contributed by atoms with E-state index in [0.717, 1.165) is 41.3 Å². The highest BCUT2D eigenvalue weighted by molar-refractivity contribution is 5.54.